The molecule has 0 bridgehead atoms. The molecule has 0 amide bonds. The molecule has 0 radical (unpaired) electrons. The summed E-state index contributed by atoms with van der Waals surface area (Å²) in [5, 5.41) is 18.6. The number of ether oxygens (including phenoxy) is 1. The lowest BCUT2D eigenvalue weighted by molar-refractivity contribution is -0.159. The van der Waals surface area contributed by atoms with Crippen molar-refractivity contribution < 1.29 is 24.5 Å². The van der Waals surface area contributed by atoms with Crippen LogP contribution in [0.1, 0.15) is 68.9 Å². The van der Waals surface area contributed by atoms with Gasteiger partial charge in [0.1, 0.15) is 11.9 Å². The van der Waals surface area contributed by atoms with Crippen LogP contribution in [0.2, 0.25) is 0 Å². The molecule has 4 rings (SSSR count). The van der Waals surface area contributed by atoms with Gasteiger partial charge in [-0.2, -0.15) is 0 Å². The second-order valence-corrected chi connectivity index (χ2v) is 8.79. The Labute approximate surface area is 159 Å². The molecule has 5 nitrogen and oxygen atoms in total. The lowest BCUT2D eigenvalue weighted by Gasteiger charge is -2.50. The molecule has 0 unspecified atom stereocenters. The van der Waals surface area contributed by atoms with Gasteiger partial charge in [-0.1, -0.05) is 13.0 Å². The third-order valence-corrected chi connectivity index (χ3v) is 7.44. The van der Waals surface area contributed by atoms with Gasteiger partial charge >= 0.3 is 11.9 Å². The van der Waals surface area contributed by atoms with Gasteiger partial charge in [0, 0.05) is 5.41 Å². The molecular formula is C22H28O5. The third kappa shape index (κ3) is 3.21. The lowest BCUT2D eigenvalue weighted by atomic mass is 9.55. The van der Waals surface area contributed by atoms with E-state index in [0.717, 1.165) is 38.5 Å². The summed E-state index contributed by atoms with van der Waals surface area (Å²) < 4.78 is 5.76. The van der Waals surface area contributed by atoms with Crippen molar-refractivity contribution in [1.82, 2.24) is 0 Å². The molecule has 1 aromatic carbocycles. The minimum absolute atomic E-state index is 0.00548. The second-order valence-electron chi connectivity index (χ2n) is 8.79. The van der Waals surface area contributed by atoms with E-state index in [0.29, 0.717) is 23.5 Å². The molecule has 27 heavy (non-hydrogen) atoms. The highest BCUT2D eigenvalue weighted by Crippen LogP contribution is 2.61. The molecular weight excluding hydrogens is 344 g/mol. The number of carboxylic acids is 1. The number of aryl methyl sites for hydroxylation is 1. The molecule has 0 saturated heterocycles. The Morgan fingerprint density at radius 2 is 2.00 bits per heavy atom. The number of esters is 1. The van der Waals surface area contributed by atoms with Crippen LogP contribution in [0.3, 0.4) is 0 Å². The first kappa shape index (κ1) is 18.3. The second kappa shape index (κ2) is 6.84. The summed E-state index contributed by atoms with van der Waals surface area (Å²) in [5.74, 6) is 0.681. The monoisotopic (exact) mass is 372 g/mol. The zero-order chi connectivity index (χ0) is 19.2. The molecule has 5 atom stereocenters. The normalized spacial score (nSPS) is 34.3. The molecule has 2 fully saturated rings. The number of rotatable bonds is 4. The fourth-order valence-corrected chi connectivity index (χ4v) is 6.14. The summed E-state index contributed by atoms with van der Waals surface area (Å²) in [6, 6.07) is 5.82. The van der Waals surface area contributed by atoms with E-state index in [1.807, 2.05) is 6.07 Å². The number of hydrogen-bond acceptors (Lipinski definition) is 4. The van der Waals surface area contributed by atoms with Crippen LogP contribution in [0.15, 0.2) is 18.2 Å². The zero-order valence-corrected chi connectivity index (χ0v) is 15.8. The molecule has 146 valence electrons. The maximum Gasteiger partial charge on any atom is 0.306 e. The Morgan fingerprint density at radius 1 is 1.19 bits per heavy atom. The summed E-state index contributed by atoms with van der Waals surface area (Å²) >= 11 is 0. The van der Waals surface area contributed by atoms with Gasteiger partial charge in [0.05, 0.1) is 12.8 Å². The van der Waals surface area contributed by atoms with Crippen LogP contribution in [0, 0.1) is 17.3 Å². The van der Waals surface area contributed by atoms with Gasteiger partial charge in [-0.15, -0.1) is 0 Å². The summed E-state index contributed by atoms with van der Waals surface area (Å²) in [4.78, 5) is 22.8. The van der Waals surface area contributed by atoms with Crippen molar-refractivity contribution in [1.29, 1.82) is 0 Å². The van der Waals surface area contributed by atoms with Crippen LogP contribution in [0.25, 0.3) is 0 Å². The van der Waals surface area contributed by atoms with E-state index in [1.54, 1.807) is 6.07 Å². The van der Waals surface area contributed by atoms with Gasteiger partial charge < -0.3 is 14.9 Å². The van der Waals surface area contributed by atoms with Gasteiger partial charge in [0.15, 0.2) is 0 Å². The minimum atomic E-state index is -0.963. The van der Waals surface area contributed by atoms with Crippen LogP contribution in [-0.2, 0) is 20.7 Å². The number of carboxylic acid groups (broad SMARTS) is 1. The number of carbonyl (C=O) groups is 2. The van der Waals surface area contributed by atoms with Gasteiger partial charge in [-0.25, -0.2) is 0 Å². The maximum absolute atomic E-state index is 12.1. The van der Waals surface area contributed by atoms with Crippen LogP contribution in [0.4, 0.5) is 0 Å². The van der Waals surface area contributed by atoms with Crippen molar-refractivity contribution >= 4 is 11.9 Å². The first-order valence-corrected chi connectivity index (χ1v) is 10.1. The Morgan fingerprint density at radius 3 is 2.78 bits per heavy atom. The number of fused-ring (bicyclic) bond motifs is 5. The Bertz CT molecular complexity index is 757. The zero-order valence-electron chi connectivity index (χ0n) is 15.8. The molecule has 3 aliphatic carbocycles. The SMILES string of the molecule is C[C@]12CC[C@@H]3c4ccc(O)cc4CC[C@@H]3[C@H]1CC[C@@H]2OC(=O)CCC(=O)O. The van der Waals surface area contributed by atoms with Gasteiger partial charge in [0.25, 0.3) is 0 Å². The molecule has 0 spiro atoms. The lowest BCUT2D eigenvalue weighted by Crippen LogP contribution is -2.45. The Kier molecular flexibility index (Phi) is 4.65. The third-order valence-electron chi connectivity index (χ3n) is 7.44. The molecule has 0 heterocycles. The van der Waals surface area contributed by atoms with Crippen molar-refractivity contribution in [3.63, 3.8) is 0 Å². The van der Waals surface area contributed by atoms with Crippen LogP contribution >= 0.6 is 0 Å². The summed E-state index contributed by atoms with van der Waals surface area (Å²) in [7, 11) is 0. The maximum atomic E-state index is 12.1. The van der Waals surface area contributed by atoms with E-state index >= 15 is 0 Å². The van der Waals surface area contributed by atoms with Crippen LogP contribution < -0.4 is 0 Å². The van der Waals surface area contributed by atoms with Crippen LogP contribution in [-0.4, -0.2) is 28.3 Å². The first-order chi connectivity index (χ1) is 12.9. The van der Waals surface area contributed by atoms with E-state index < -0.39 is 5.97 Å². The van der Waals surface area contributed by atoms with E-state index in [4.69, 9.17) is 9.84 Å². The number of benzene rings is 1. The number of aliphatic carboxylic acids is 1. The van der Waals surface area contributed by atoms with Crippen LogP contribution in [0.5, 0.6) is 5.75 Å². The molecule has 5 heteroatoms. The largest absolute Gasteiger partial charge is 0.508 e. The molecule has 2 N–H and O–H groups in total. The van der Waals surface area contributed by atoms with E-state index in [-0.39, 0.29) is 30.3 Å². The summed E-state index contributed by atoms with van der Waals surface area (Å²) in [5.41, 5.74) is 2.68. The predicted molar refractivity (Wildman–Crippen MR) is 99.5 cm³/mol. The number of phenolic OH excluding ortho intramolecular Hbond substituents is 1. The summed E-state index contributed by atoms with van der Waals surface area (Å²) in [6.07, 6.45) is 5.88. The molecule has 0 aromatic heterocycles. The van der Waals surface area contributed by atoms with Gasteiger partial charge in [0.2, 0.25) is 0 Å². The van der Waals surface area contributed by atoms with Crippen molar-refractivity contribution in [3.05, 3.63) is 29.3 Å². The highest BCUT2D eigenvalue weighted by atomic mass is 16.5. The highest BCUT2D eigenvalue weighted by Gasteiger charge is 2.56. The average Bonchev–Trinajstić information content (AvgIpc) is 2.96. The van der Waals surface area contributed by atoms with Crippen molar-refractivity contribution in [2.24, 2.45) is 17.3 Å². The molecule has 1 aromatic rings. The quantitative estimate of drug-likeness (QED) is 0.780. The highest BCUT2D eigenvalue weighted by molar-refractivity contribution is 5.76. The smallest absolute Gasteiger partial charge is 0.306 e. The number of hydrogen-bond donors (Lipinski definition) is 2. The van der Waals surface area contributed by atoms with E-state index in [9.17, 15) is 14.7 Å². The molecule has 2 saturated carbocycles. The van der Waals surface area contributed by atoms with Crippen molar-refractivity contribution in [2.75, 3.05) is 0 Å². The fourth-order valence-electron chi connectivity index (χ4n) is 6.14. The average molecular weight is 372 g/mol. The minimum Gasteiger partial charge on any atom is -0.508 e. The number of phenols is 1. The van der Waals surface area contributed by atoms with E-state index in [1.165, 1.54) is 11.1 Å². The van der Waals surface area contributed by atoms with E-state index in [2.05, 4.69) is 13.0 Å². The Balaban J connectivity index is 1.49. The molecule has 0 aliphatic heterocycles. The van der Waals surface area contributed by atoms with Gasteiger partial charge in [-0.05, 0) is 79.5 Å². The predicted octanol–water partition coefficient (Wildman–Crippen LogP) is 4.02. The fraction of sp³-hybridized carbons (Fsp3) is 0.636. The molecule has 3 aliphatic rings. The van der Waals surface area contributed by atoms with Gasteiger partial charge in [-0.3, -0.25) is 9.59 Å². The van der Waals surface area contributed by atoms with Crippen molar-refractivity contribution in [3.8, 4) is 5.75 Å². The summed E-state index contributed by atoms with van der Waals surface area (Å²) in [6.45, 7) is 2.27. The van der Waals surface area contributed by atoms with Crippen molar-refractivity contribution in [2.45, 2.75) is 70.3 Å². The standard InChI is InChI=1S/C22H28O5/c1-22-11-10-16-15-5-3-14(23)12-13(15)2-4-17(16)18(22)6-7-19(22)27-21(26)9-8-20(24)25/h3,5,12,16-19,23H,2,4,6-11H2,1H3,(H,24,25)/t16-,17+,18-,19+,22+/m1/s1. The number of carbonyl (C=O) groups excluding carboxylic acids is 1. The topological polar surface area (TPSA) is 83.8 Å². The first-order valence-electron chi connectivity index (χ1n) is 10.1. The number of aromatic hydroxyl groups is 1. The Hall–Kier alpha value is -2.04.